The standard InChI is InChI=1S/C13H20N2O4S/c1-3-10(8-9-16)13(17)15-11-4-6-12(7-5-11)20(18,19)14-2/h4-7,10,14,16H,3,8-9H2,1-2H3,(H,15,17). The van der Waals surface area contributed by atoms with Gasteiger partial charge in [0, 0.05) is 18.2 Å². The summed E-state index contributed by atoms with van der Waals surface area (Å²) in [5.41, 5.74) is 0.529. The maximum Gasteiger partial charge on any atom is 0.240 e. The summed E-state index contributed by atoms with van der Waals surface area (Å²) in [5.74, 6) is -0.425. The molecule has 112 valence electrons. The first-order chi connectivity index (χ1) is 9.44. The predicted octanol–water partition coefficient (Wildman–Crippen LogP) is 0.942. The van der Waals surface area contributed by atoms with Gasteiger partial charge >= 0.3 is 0 Å². The van der Waals surface area contributed by atoms with Gasteiger partial charge in [0.25, 0.3) is 0 Å². The highest BCUT2D eigenvalue weighted by molar-refractivity contribution is 7.89. The van der Waals surface area contributed by atoms with Gasteiger partial charge in [0.05, 0.1) is 4.90 Å². The number of nitrogens with one attached hydrogen (secondary N) is 2. The zero-order valence-electron chi connectivity index (χ0n) is 11.6. The minimum absolute atomic E-state index is 0.0364. The van der Waals surface area contributed by atoms with Crippen molar-refractivity contribution >= 4 is 21.6 Å². The van der Waals surface area contributed by atoms with Crippen LogP contribution in [0, 0.1) is 5.92 Å². The summed E-state index contributed by atoms with van der Waals surface area (Å²) in [6.07, 6.45) is 1.05. The van der Waals surface area contributed by atoms with Crippen LogP contribution in [-0.2, 0) is 14.8 Å². The van der Waals surface area contributed by atoms with E-state index in [1.807, 2.05) is 6.92 Å². The quantitative estimate of drug-likeness (QED) is 0.698. The van der Waals surface area contributed by atoms with Gasteiger partial charge in [-0.2, -0.15) is 0 Å². The molecule has 0 aliphatic carbocycles. The van der Waals surface area contributed by atoms with Crippen molar-refractivity contribution in [1.82, 2.24) is 4.72 Å². The van der Waals surface area contributed by atoms with Crippen molar-refractivity contribution in [1.29, 1.82) is 0 Å². The van der Waals surface area contributed by atoms with Crippen LogP contribution in [0.1, 0.15) is 19.8 Å². The third-order valence-corrected chi connectivity index (χ3v) is 4.47. The smallest absolute Gasteiger partial charge is 0.240 e. The summed E-state index contributed by atoms with van der Waals surface area (Å²) in [6, 6.07) is 5.92. The number of aliphatic hydroxyl groups is 1. The van der Waals surface area contributed by atoms with Gasteiger partial charge in [0.1, 0.15) is 0 Å². The van der Waals surface area contributed by atoms with Crippen molar-refractivity contribution in [3.05, 3.63) is 24.3 Å². The van der Waals surface area contributed by atoms with Crippen molar-refractivity contribution in [3.63, 3.8) is 0 Å². The number of carbonyl (C=O) groups is 1. The second-order valence-corrected chi connectivity index (χ2v) is 6.23. The van der Waals surface area contributed by atoms with E-state index in [9.17, 15) is 13.2 Å². The van der Waals surface area contributed by atoms with Crippen LogP contribution < -0.4 is 10.0 Å². The molecule has 1 aromatic rings. The lowest BCUT2D eigenvalue weighted by Crippen LogP contribution is -2.23. The first kappa shape index (κ1) is 16.6. The SMILES string of the molecule is CCC(CCO)C(=O)Nc1ccc(S(=O)(=O)NC)cc1. The Labute approximate surface area is 119 Å². The molecule has 0 bridgehead atoms. The van der Waals surface area contributed by atoms with E-state index < -0.39 is 10.0 Å². The van der Waals surface area contributed by atoms with E-state index in [4.69, 9.17) is 5.11 Å². The highest BCUT2D eigenvalue weighted by atomic mass is 32.2. The second kappa shape index (κ2) is 7.37. The van der Waals surface area contributed by atoms with Gasteiger partial charge in [-0.25, -0.2) is 13.1 Å². The molecule has 0 saturated heterocycles. The number of anilines is 1. The number of carbonyl (C=O) groups excluding carboxylic acids is 1. The number of amides is 1. The van der Waals surface area contributed by atoms with E-state index in [0.29, 0.717) is 18.5 Å². The Morgan fingerprint density at radius 2 is 1.90 bits per heavy atom. The van der Waals surface area contributed by atoms with Gasteiger partial charge < -0.3 is 10.4 Å². The van der Waals surface area contributed by atoms with Crippen molar-refractivity contribution in [2.75, 3.05) is 19.0 Å². The van der Waals surface area contributed by atoms with Crippen LogP contribution >= 0.6 is 0 Å². The van der Waals surface area contributed by atoms with Gasteiger partial charge in [-0.15, -0.1) is 0 Å². The van der Waals surface area contributed by atoms with Crippen LogP contribution in [0.15, 0.2) is 29.2 Å². The van der Waals surface area contributed by atoms with Crippen molar-refractivity contribution < 1.29 is 18.3 Å². The number of rotatable bonds is 7. The summed E-state index contributed by atoms with van der Waals surface area (Å²) in [6.45, 7) is 1.84. The molecule has 6 nitrogen and oxygen atoms in total. The predicted molar refractivity (Wildman–Crippen MR) is 76.8 cm³/mol. The van der Waals surface area contributed by atoms with E-state index in [2.05, 4.69) is 10.0 Å². The topological polar surface area (TPSA) is 95.5 Å². The Kier molecular flexibility index (Phi) is 6.12. The fourth-order valence-electron chi connectivity index (χ4n) is 1.76. The number of hydrogen-bond acceptors (Lipinski definition) is 4. The summed E-state index contributed by atoms with van der Waals surface area (Å²) in [5, 5.41) is 11.6. The molecule has 0 saturated carbocycles. The third-order valence-electron chi connectivity index (χ3n) is 3.04. The van der Waals surface area contributed by atoms with Crippen LogP contribution in [0.4, 0.5) is 5.69 Å². The molecule has 0 aliphatic rings. The maximum atomic E-state index is 11.9. The Hall–Kier alpha value is -1.44. The number of hydrogen-bond donors (Lipinski definition) is 3. The molecule has 0 heterocycles. The number of benzene rings is 1. The molecular formula is C13H20N2O4S. The van der Waals surface area contributed by atoms with Gasteiger partial charge in [-0.1, -0.05) is 6.92 Å². The number of sulfonamides is 1. The molecule has 20 heavy (non-hydrogen) atoms. The minimum atomic E-state index is -3.47. The van der Waals surface area contributed by atoms with Crippen LogP contribution in [0.5, 0.6) is 0 Å². The van der Waals surface area contributed by atoms with Crippen molar-refractivity contribution in [2.24, 2.45) is 5.92 Å². The Morgan fingerprint density at radius 3 is 2.35 bits per heavy atom. The van der Waals surface area contributed by atoms with Gasteiger partial charge in [-0.05, 0) is 44.2 Å². The summed E-state index contributed by atoms with van der Waals surface area (Å²) in [4.78, 5) is 12.1. The molecule has 0 aromatic heterocycles. The molecular weight excluding hydrogens is 280 g/mol. The highest BCUT2D eigenvalue weighted by Gasteiger charge is 2.16. The maximum absolute atomic E-state index is 11.9. The van der Waals surface area contributed by atoms with Gasteiger partial charge in [-0.3, -0.25) is 4.79 Å². The molecule has 0 spiro atoms. The van der Waals surface area contributed by atoms with Crippen molar-refractivity contribution in [2.45, 2.75) is 24.7 Å². The van der Waals surface area contributed by atoms with Crippen LogP contribution in [0.25, 0.3) is 0 Å². The lowest BCUT2D eigenvalue weighted by Gasteiger charge is -2.13. The second-order valence-electron chi connectivity index (χ2n) is 4.34. The van der Waals surface area contributed by atoms with E-state index >= 15 is 0 Å². The Balaban J connectivity index is 2.78. The molecule has 1 aromatic carbocycles. The largest absolute Gasteiger partial charge is 0.396 e. The first-order valence-corrected chi connectivity index (χ1v) is 7.88. The molecule has 0 radical (unpaired) electrons. The minimum Gasteiger partial charge on any atom is -0.396 e. The lowest BCUT2D eigenvalue weighted by atomic mass is 10.0. The lowest BCUT2D eigenvalue weighted by molar-refractivity contribution is -0.120. The normalized spacial score (nSPS) is 12.9. The molecule has 1 amide bonds. The zero-order valence-corrected chi connectivity index (χ0v) is 12.4. The monoisotopic (exact) mass is 300 g/mol. The van der Waals surface area contributed by atoms with E-state index in [-0.39, 0.29) is 23.3 Å². The molecule has 1 rings (SSSR count). The van der Waals surface area contributed by atoms with Gasteiger partial charge in [0.2, 0.25) is 15.9 Å². The van der Waals surface area contributed by atoms with Crippen molar-refractivity contribution in [3.8, 4) is 0 Å². The molecule has 3 N–H and O–H groups in total. The van der Waals surface area contributed by atoms with E-state index in [0.717, 1.165) is 0 Å². The molecule has 0 fully saturated rings. The van der Waals surface area contributed by atoms with E-state index in [1.165, 1.54) is 31.3 Å². The average molecular weight is 300 g/mol. The highest BCUT2D eigenvalue weighted by Crippen LogP contribution is 2.16. The van der Waals surface area contributed by atoms with E-state index in [1.54, 1.807) is 0 Å². The van der Waals surface area contributed by atoms with Gasteiger partial charge in [0.15, 0.2) is 0 Å². The summed E-state index contributed by atoms with van der Waals surface area (Å²) < 4.78 is 25.3. The first-order valence-electron chi connectivity index (χ1n) is 6.40. The molecule has 1 atom stereocenters. The molecule has 7 heteroatoms. The summed E-state index contributed by atoms with van der Waals surface area (Å²) >= 11 is 0. The Bertz CT molecular complexity index is 540. The fourth-order valence-corrected chi connectivity index (χ4v) is 2.49. The number of aliphatic hydroxyl groups excluding tert-OH is 1. The van der Waals surface area contributed by atoms with Crippen LogP contribution in [-0.4, -0.2) is 33.1 Å². The molecule has 1 unspecified atom stereocenters. The average Bonchev–Trinajstić information content (AvgIpc) is 2.45. The summed E-state index contributed by atoms with van der Waals surface area (Å²) in [7, 11) is -2.13. The third kappa shape index (κ3) is 4.29. The zero-order chi connectivity index (χ0) is 15.2. The van der Waals surface area contributed by atoms with Crippen LogP contribution in [0.2, 0.25) is 0 Å². The Morgan fingerprint density at radius 1 is 1.30 bits per heavy atom. The molecule has 0 aliphatic heterocycles. The van der Waals surface area contributed by atoms with Crippen LogP contribution in [0.3, 0.4) is 0 Å². The fraction of sp³-hybridized carbons (Fsp3) is 0.462.